The first-order valence-corrected chi connectivity index (χ1v) is 7.14. The summed E-state index contributed by atoms with van der Waals surface area (Å²) in [7, 11) is 0. The fourth-order valence-electron chi connectivity index (χ4n) is 2.42. The summed E-state index contributed by atoms with van der Waals surface area (Å²) < 4.78 is 16.2. The molecule has 0 radical (unpaired) electrons. The molecule has 0 atom stereocenters. The lowest BCUT2D eigenvalue weighted by atomic mass is 10.0. The number of nitrogens with zero attached hydrogens (tertiary/aromatic N) is 4. The quantitative estimate of drug-likeness (QED) is 0.735. The van der Waals surface area contributed by atoms with Gasteiger partial charge in [0, 0.05) is 24.4 Å². The van der Waals surface area contributed by atoms with Gasteiger partial charge in [0.15, 0.2) is 5.65 Å². The molecule has 0 saturated heterocycles. The van der Waals surface area contributed by atoms with Crippen LogP contribution in [0.15, 0.2) is 30.7 Å². The zero-order chi connectivity index (χ0) is 15.7. The smallest absolute Gasteiger partial charge is 0.158 e. The Kier molecular flexibility index (Phi) is 3.78. The van der Waals surface area contributed by atoms with E-state index in [9.17, 15) is 4.39 Å². The van der Waals surface area contributed by atoms with Crippen molar-refractivity contribution in [2.24, 2.45) is 0 Å². The molecular weight excluding hydrogens is 303 g/mol. The van der Waals surface area contributed by atoms with Crippen molar-refractivity contribution in [3.63, 3.8) is 0 Å². The number of aromatic nitrogens is 3. The van der Waals surface area contributed by atoms with E-state index in [0.717, 1.165) is 5.69 Å². The van der Waals surface area contributed by atoms with E-state index in [1.807, 2.05) is 17.4 Å². The maximum atomic E-state index is 14.4. The van der Waals surface area contributed by atoms with Crippen molar-refractivity contribution in [1.82, 2.24) is 14.4 Å². The lowest BCUT2D eigenvalue weighted by Crippen LogP contribution is -1.96. The zero-order valence-corrected chi connectivity index (χ0v) is 12.6. The maximum Gasteiger partial charge on any atom is 0.158 e. The first kappa shape index (κ1) is 14.5. The summed E-state index contributed by atoms with van der Waals surface area (Å²) in [5, 5.41) is 8.66. The molecule has 6 heteroatoms. The summed E-state index contributed by atoms with van der Waals surface area (Å²) in [6.07, 6.45) is 5.69. The van der Waals surface area contributed by atoms with Crippen LogP contribution in [0.2, 0.25) is 5.02 Å². The van der Waals surface area contributed by atoms with Gasteiger partial charge in [-0.1, -0.05) is 23.7 Å². The second-order valence-corrected chi connectivity index (χ2v) is 5.29. The van der Waals surface area contributed by atoms with E-state index < -0.39 is 5.82 Å². The Balaban J connectivity index is 2.14. The predicted octanol–water partition coefficient (Wildman–Crippen LogP) is 3.95. The zero-order valence-electron chi connectivity index (χ0n) is 11.8. The van der Waals surface area contributed by atoms with Crippen molar-refractivity contribution < 1.29 is 4.39 Å². The van der Waals surface area contributed by atoms with Crippen LogP contribution in [0.4, 0.5) is 4.39 Å². The summed E-state index contributed by atoms with van der Waals surface area (Å²) in [5.74, 6) is -0.477. The third-order valence-electron chi connectivity index (χ3n) is 3.55. The Morgan fingerprint density at radius 1 is 1.36 bits per heavy atom. The molecule has 0 aliphatic carbocycles. The third kappa shape index (κ3) is 2.32. The molecule has 2 heterocycles. The van der Waals surface area contributed by atoms with Crippen LogP contribution in [0, 0.1) is 24.1 Å². The number of halogens is 2. The molecule has 22 heavy (non-hydrogen) atoms. The van der Waals surface area contributed by atoms with E-state index in [0.29, 0.717) is 28.9 Å². The van der Waals surface area contributed by atoms with Gasteiger partial charge in [0.05, 0.1) is 28.7 Å². The van der Waals surface area contributed by atoms with Gasteiger partial charge in [-0.25, -0.2) is 9.37 Å². The highest BCUT2D eigenvalue weighted by Crippen LogP contribution is 2.32. The van der Waals surface area contributed by atoms with Crippen LogP contribution in [0.25, 0.3) is 16.9 Å². The molecule has 3 aromatic rings. The first-order valence-electron chi connectivity index (χ1n) is 6.76. The average molecular weight is 315 g/mol. The largest absolute Gasteiger partial charge is 0.297 e. The summed E-state index contributed by atoms with van der Waals surface area (Å²) in [4.78, 5) is 8.49. The Labute approximate surface area is 131 Å². The van der Waals surface area contributed by atoms with Gasteiger partial charge in [-0.2, -0.15) is 5.26 Å². The van der Waals surface area contributed by atoms with Gasteiger partial charge >= 0.3 is 0 Å². The van der Waals surface area contributed by atoms with Crippen molar-refractivity contribution in [3.8, 4) is 17.3 Å². The average Bonchev–Trinajstić information content (AvgIpc) is 2.94. The number of benzene rings is 1. The molecule has 0 aliphatic heterocycles. The molecule has 4 nitrogen and oxygen atoms in total. The van der Waals surface area contributed by atoms with E-state index in [2.05, 4.69) is 9.97 Å². The first-order chi connectivity index (χ1) is 10.6. The summed E-state index contributed by atoms with van der Waals surface area (Å²) in [6, 6.07) is 5.43. The molecule has 0 unspecified atom stereocenters. The van der Waals surface area contributed by atoms with Crippen molar-refractivity contribution >= 4 is 17.2 Å². The number of fused-ring (bicyclic) bond motifs is 1. The molecule has 2 aromatic heterocycles. The molecule has 3 rings (SSSR count). The van der Waals surface area contributed by atoms with Crippen molar-refractivity contribution in [2.75, 3.05) is 0 Å². The number of hydrogen-bond acceptors (Lipinski definition) is 3. The third-order valence-corrected chi connectivity index (χ3v) is 3.92. The fourth-order valence-corrected chi connectivity index (χ4v) is 2.70. The molecule has 1 aromatic carbocycles. The molecule has 0 fully saturated rings. The van der Waals surface area contributed by atoms with E-state index in [1.54, 1.807) is 30.7 Å². The topological polar surface area (TPSA) is 54.0 Å². The Morgan fingerprint density at radius 3 is 2.95 bits per heavy atom. The molecular formula is C16H12ClFN4. The Bertz CT molecular complexity index is 895. The summed E-state index contributed by atoms with van der Waals surface area (Å²) in [6.45, 7) is 1.86. The lowest BCUT2D eigenvalue weighted by molar-refractivity contribution is 0.610. The fraction of sp³-hybridized carbons (Fsp3) is 0.188. The van der Waals surface area contributed by atoms with Gasteiger partial charge in [-0.05, 0) is 18.9 Å². The van der Waals surface area contributed by atoms with E-state index >= 15 is 0 Å². The highest BCUT2D eigenvalue weighted by molar-refractivity contribution is 6.33. The number of nitriles is 1. The van der Waals surface area contributed by atoms with E-state index in [1.165, 1.54) is 0 Å². The van der Waals surface area contributed by atoms with E-state index in [-0.39, 0.29) is 11.4 Å². The number of hydrogen-bond donors (Lipinski definition) is 0. The molecule has 0 saturated carbocycles. The van der Waals surface area contributed by atoms with Crippen LogP contribution in [0.5, 0.6) is 0 Å². The maximum absolute atomic E-state index is 14.4. The van der Waals surface area contributed by atoms with Gasteiger partial charge in [0.1, 0.15) is 5.82 Å². The molecule has 0 spiro atoms. The minimum absolute atomic E-state index is 0.0479. The molecule has 0 amide bonds. The summed E-state index contributed by atoms with van der Waals surface area (Å²) >= 11 is 6.19. The van der Waals surface area contributed by atoms with Crippen molar-refractivity contribution in [1.29, 1.82) is 5.26 Å². The second kappa shape index (κ2) is 5.74. The lowest BCUT2D eigenvalue weighted by Gasteiger charge is -2.09. The Hall–Kier alpha value is -2.45. The second-order valence-electron chi connectivity index (χ2n) is 4.91. The van der Waals surface area contributed by atoms with Gasteiger partial charge < -0.3 is 0 Å². The highest BCUT2D eigenvalue weighted by Gasteiger charge is 2.16. The van der Waals surface area contributed by atoms with Crippen LogP contribution in [-0.2, 0) is 6.42 Å². The highest BCUT2D eigenvalue weighted by atomic mass is 35.5. The normalized spacial score (nSPS) is 10.8. The van der Waals surface area contributed by atoms with Crippen molar-refractivity contribution in [3.05, 3.63) is 52.8 Å². The number of rotatable bonds is 3. The minimum atomic E-state index is -0.477. The van der Waals surface area contributed by atoms with Crippen LogP contribution in [0.1, 0.15) is 17.7 Å². The van der Waals surface area contributed by atoms with Crippen LogP contribution in [0.3, 0.4) is 0 Å². The van der Waals surface area contributed by atoms with Gasteiger partial charge in [-0.15, -0.1) is 0 Å². The van der Waals surface area contributed by atoms with Crippen LogP contribution < -0.4 is 0 Å². The molecule has 110 valence electrons. The van der Waals surface area contributed by atoms with Crippen molar-refractivity contribution in [2.45, 2.75) is 19.8 Å². The molecule has 0 N–H and O–H groups in total. The van der Waals surface area contributed by atoms with E-state index in [4.69, 9.17) is 16.9 Å². The Morgan fingerprint density at radius 2 is 2.18 bits per heavy atom. The molecule has 0 bridgehead atoms. The van der Waals surface area contributed by atoms with Gasteiger partial charge in [-0.3, -0.25) is 9.38 Å². The van der Waals surface area contributed by atoms with Crippen LogP contribution in [-0.4, -0.2) is 14.4 Å². The standard InChI is InChI=1S/C16H12ClFN4/c1-10-16-21-9-13(22(16)8-7-20-10)12-5-4-11(3-2-6-19)15(18)14(12)17/h4-5,7-9H,2-3H2,1H3. The predicted molar refractivity (Wildman–Crippen MR) is 82.1 cm³/mol. The number of imidazole rings is 1. The molecule has 0 aliphatic rings. The summed E-state index contributed by atoms with van der Waals surface area (Å²) in [5.41, 5.74) is 3.22. The SMILES string of the molecule is Cc1nccn2c(-c3ccc(CCC#N)c(F)c3Cl)cnc12. The number of aryl methyl sites for hydroxylation is 2. The van der Waals surface area contributed by atoms with Crippen LogP contribution >= 0.6 is 11.6 Å². The monoisotopic (exact) mass is 314 g/mol. The minimum Gasteiger partial charge on any atom is -0.297 e. The van der Waals surface area contributed by atoms with Gasteiger partial charge in [0.2, 0.25) is 0 Å². The van der Waals surface area contributed by atoms with Gasteiger partial charge in [0.25, 0.3) is 0 Å².